The summed E-state index contributed by atoms with van der Waals surface area (Å²) in [4.78, 5) is 33.2. The van der Waals surface area contributed by atoms with E-state index < -0.39 is 23.5 Å². The van der Waals surface area contributed by atoms with Crippen LogP contribution in [0.4, 0.5) is 9.52 Å². The predicted octanol–water partition coefficient (Wildman–Crippen LogP) is 6.15. The van der Waals surface area contributed by atoms with Crippen molar-refractivity contribution >= 4 is 51.3 Å². The molecular weight excluding hydrogens is 560 g/mol. The van der Waals surface area contributed by atoms with Gasteiger partial charge in [-0.2, -0.15) is 0 Å². The summed E-state index contributed by atoms with van der Waals surface area (Å²) in [5, 5.41) is 30.6. The molecule has 39 heavy (non-hydrogen) atoms. The molecule has 0 spiro atoms. The number of Topliss-reactive ketones (excluding diaryl/α,β-unsaturated/α-hetero) is 1. The summed E-state index contributed by atoms with van der Waals surface area (Å²) >= 11 is 3.56. The molecule has 0 saturated carbocycles. The number of aromatic nitrogens is 3. The first kappa shape index (κ1) is 27.0. The molecule has 1 atom stereocenters. The van der Waals surface area contributed by atoms with E-state index in [0.717, 1.165) is 11.3 Å². The summed E-state index contributed by atoms with van der Waals surface area (Å²) in [5.74, 6) is -1.87. The van der Waals surface area contributed by atoms with Crippen molar-refractivity contribution in [3.63, 3.8) is 0 Å². The highest BCUT2D eigenvalue weighted by Gasteiger charge is 2.47. The van der Waals surface area contributed by atoms with Gasteiger partial charge in [-0.15, -0.1) is 21.5 Å². The Hall–Kier alpha value is -3.61. The van der Waals surface area contributed by atoms with Gasteiger partial charge in [-0.25, -0.2) is 9.37 Å². The van der Waals surface area contributed by atoms with Crippen LogP contribution < -0.4 is 4.90 Å². The maximum atomic E-state index is 14.1. The number of aliphatic hydroxyl groups is 1. The van der Waals surface area contributed by atoms with Crippen molar-refractivity contribution in [2.45, 2.75) is 43.8 Å². The van der Waals surface area contributed by atoms with Gasteiger partial charge in [-0.1, -0.05) is 41.3 Å². The molecule has 0 bridgehead atoms. The van der Waals surface area contributed by atoms with E-state index in [2.05, 4.69) is 15.2 Å². The first-order valence-corrected chi connectivity index (χ1v) is 14.4. The number of ketones is 1. The highest BCUT2D eigenvalue weighted by atomic mass is 32.2. The lowest BCUT2D eigenvalue weighted by Gasteiger charge is -2.25. The Morgan fingerprint density at radius 3 is 2.41 bits per heavy atom. The van der Waals surface area contributed by atoms with Gasteiger partial charge < -0.3 is 10.2 Å². The third kappa shape index (κ3) is 4.95. The number of hydrogen-bond donors (Lipinski definition) is 2. The van der Waals surface area contributed by atoms with Crippen LogP contribution >= 0.6 is 34.4 Å². The molecule has 8 nitrogen and oxygen atoms in total. The molecular formula is C27H23FN4O4S3. The molecule has 0 saturated heterocycles. The maximum Gasteiger partial charge on any atom is 0.296 e. The molecule has 1 aliphatic heterocycles. The van der Waals surface area contributed by atoms with Crippen LogP contribution in [0, 0.1) is 33.5 Å². The van der Waals surface area contributed by atoms with Crippen LogP contribution in [0.15, 0.2) is 52.1 Å². The van der Waals surface area contributed by atoms with Crippen LogP contribution in [0.5, 0.6) is 5.75 Å². The highest BCUT2D eigenvalue weighted by Crippen LogP contribution is 2.45. The number of carbonyl (C=O) groups is 2. The van der Waals surface area contributed by atoms with Crippen molar-refractivity contribution < 1.29 is 24.2 Å². The molecule has 12 heteroatoms. The SMILES string of the molecule is Cc1nc(C)c(C(=O)C2=C(O)C(=O)N(c3nnc(SCc4ccccc4F)s3)C2c2cc(C)c(O)c(C)c2)s1. The van der Waals surface area contributed by atoms with Crippen LogP contribution in [0.2, 0.25) is 0 Å². The van der Waals surface area contributed by atoms with Crippen LogP contribution in [0.3, 0.4) is 0 Å². The second kappa shape index (κ2) is 10.5. The van der Waals surface area contributed by atoms with Crippen molar-refractivity contribution in [1.29, 1.82) is 0 Å². The van der Waals surface area contributed by atoms with Crippen molar-refractivity contribution in [2.75, 3.05) is 4.90 Å². The summed E-state index contributed by atoms with van der Waals surface area (Å²) in [7, 11) is 0. The minimum absolute atomic E-state index is 0.0907. The van der Waals surface area contributed by atoms with Gasteiger partial charge in [0.15, 0.2) is 10.1 Å². The van der Waals surface area contributed by atoms with E-state index in [4.69, 9.17) is 0 Å². The third-order valence-corrected chi connectivity index (χ3v) is 9.48. The normalized spacial score (nSPS) is 15.5. The van der Waals surface area contributed by atoms with Crippen LogP contribution in [-0.4, -0.2) is 37.1 Å². The minimum atomic E-state index is -1.01. The number of halogens is 1. The van der Waals surface area contributed by atoms with Gasteiger partial charge in [-0.3, -0.25) is 14.5 Å². The van der Waals surface area contributed by atoms with Gasteiger partial charge in [0, 0.05) is 5.75 Å². The summed E-state index contributed by atoms with van der Waals surface area (Å²) < 4.78 is 14.6. The number of benzene rings is 2. The Morgan fingerprint density at radius 1 is 1.08 bits per heavy atom. The first-order chi connectivity index (χ1) is 18.6. The van der Waals surface area contributed by atoms with Crippen molar-refractivity contribution in [3.05, 3.63) is 91.4 Å². The van der Waals surface area contributed by atoms with Gasteiger partial charge in [0.2, 0.25) is 10.9 Å². The number of aliphatic hydroxyl groups excluding tert-OH is 1. The predicted molar refractivity (Wildman–Crippen MR) is 149 cm³/mol. The minimum Gasteiger partial charge on any atom is -0.507 e. The van der Waals surface area contributed by atoms with E-state index in [0.29, 0.717) is 47.9 Å². The summed E-state index contributed by atoms with van der Waals surface area (Å²) in [6.45, 7) is 6.92. The number of phenolic OH excluding ortho intramolecular Hbond substituents is 1. The van der Waals surface area contributed by atoms with Gasteiger partial charge in [0.1, 0.15) is 11.6 Å². The van der Waals surface area contributed by atoms with Crippen molar-refractivity contribution in [1.82, 2.24) is 15.2 Å². The van der Waals surface area contributed by atoms with E-state index in [-0.39, 0.29) is 22.3 Å². The molecule has 4 aromatic rings. The largest absolute Gasteiger partial charge is 0.507 e. The standard InChI is InChI=1S/C27H23FN4O4S3/c1-12-9-17(10-13(2)21(12)33)20-19(22(34)24-14(3)29-15(4)38-24)23(35)25(36)32(20)26-30-31-27(39-26)37-11-16-7-5-6-8-18(16)28/h5-10,20,33,35H,11H2,1-4H3. The quantitative estimate of drug-likeness (QED) is 0.151. The Bertz CT molecular complexity index is 1640. The van der Waals surface area contributed by atoms with Gasteiger partial charge in [-0.05, 0) is 68.1 Å². The lowest BCUT2D eigenvalue weighted by atomic mass is 9.92. The van der Waals surface area contributed by atoms with E-state index in [1.165, 1.54) is 34.1 Å². The molecule has 0 aliphatic carbocycles. The number of thioether (sulfide) groups is 1. The highest BCUT2D eigenvalue weighted by molar-refractivity contribution is 8.00. The average Bonchev–Trinajstić information content (AvgIpc) is 3.57. The Balaban J connectivity index is 1.56. The number of aryl methyl sites for hydroxylation is 4. The third-order valence-electron chi connectivity index (χ3n) is 6.30. The number of anilines is 1. The van der Waals surface area contributed by atoms with Crippen molar-refractivity contribution in [2.24, 2.45) is 0 Å². The fourth-order valence-electron chi connectivity index (χ4n) is 4.47. The Labute approximate surface area is 235 Å². The van der Waals surface area contributed by atoms with Crippen molar-refractivity contribution in [3.8, 4) is 5.75 Å². The zero-order valence-corrected chi connectivity index (χ0v) is 23.8. The molecule has 1 aliphatic rings. The van der Waals surface area contributed by atoms with Crippen LogP contribution in [0.1, 0.15) is 48.7 Å². The van der Waals surface area contributed by atoms with E-state index in [1.54, 1.807) is 58.0 Å². The number of rotatable bonds is 7. The smallest absolute Gasteiger partial charge is 0.296 e. The van der Waals surface area contributed by atoms with Crippen LogP contribution in [-0.2, 0) is 10.5 Å². The molecule has 3 heterocycles. The molecule has 2 N–H and O–H groups in total. The zero-order valence-electron chi connectivity index (χ0n) is 21.4. The number of aromatic hydroxyl groups is 1. The summed E-state index contributed by atoms with van der Waals surface area (Å²) in [6, 6.07) is 8.78. The number of carbonyl (C=O) groups excluding carboxylic acids is 2. The fourth-order valence-corrected chi connectivity index (χ4v) is 7.20. The number of hydrogen-bond acceptors (Lipinski definition) is 10. The second-order valence-corrected chi connectivity index (χ2v) is 12.4. The van der Waals surface area contributed by atoms with E-state index in [9.17, 15) is 24.2 Å². The Kier molecular flexibility index (Phi) is 7.27. The van der Waals surface area contributed by atoms with E-state index in [1.807, 2.05) is 0 Å². The Morgan fingerprint density at radius 2 is 1.77 bits per heavy atom. The second-order valence-electron chi connectivity index (χ2n) is 9.05. The molecule has 200 valence electrons. The fraction of sp³-hybridized carbons (Fsp3) is 0.222. The molecule has 2 aromatic carbocycles. The summed E-state index contributed by atoms with van der Waals surface area (Å²) in [5.41, 5.74) is 2.56. The van der Waals surface area contributed by atoms with Gasteiger partial charge >= 0.3 is 0 Å². The van der Waals surface area contributed by atoms with E-state index >= 15 is 0 Å². The van der Waals surface area contributed by atoms with Crippen LogP contribution in [0.25, 0.3) is 0 Å². The monoisotopic (exact) mass is 582 g/mol. The number of phenols is 1. The molecule has 0 fully saturated rings. The average molecular weight is 583 g/mol. The van der Waals surface area contributed by atoms with Gasteiger partial charge in [0.25, 0.3) is 5.91 Å². The molecule has 5 rings (SSSR count). The molecule has 1 amide bonds. The molecule has 1 unspecified atom stereocenters. The summed E-state index contributed by atoms with van der Waals surface area (Å²) in [6.07, 6.45) is 0. The number of thiazole rings is 1. The molecule has 2 aromatic heterocycles. The zero-order chi connectivity index (χ0) is 28.0. The lowest BCUT2D eigenvalue weighted by Crippen LogP contribution is -2.31. The molecule has 0 radical (unpaired) electrons. The lowest BCUT2D eigenvalue weighted by molar-refractivity contribution is -0.117. The first-order valence-electron chi connectivity index (χ1n) is 11.8. The maximum absolute atomic E-state index is 14.1. The van der Waals surface area contributed by atoms with Gasteiger partial charge in [0.05, 0.1) is 27.2 Å². The number of nitrogens with zero attached hydrogens (tertiary/aromatic N) is 4. The topological polar surface area (TPSA) is 117 Å². The number of amides is 1.